The number of anilines is 1. The van der Waals surface area contributed by atoms with Gasteiger partial charge in [0.25, 0.3) is 0 Å². The Morgan fingerprint density at radius 2 is 2.12 bits per heavy atom. The van der Waals surface area contributed by atoms with Gasteiger partial charge in [-0.05, 0) is 30.3 Å². The maximum Gasteiger partial charge on any atom is 0.225 e. The van der Waals surface area contributed by atoms with E-state index in [1.54, 1.807) is 36.4 Å². The van der Waals surface area contributed by atoms with Crippen LogP contribution in [0.2, 0.25) is 0 Å². The van der Waals surface area contributed by atoms with E-state index in [-0.39, 0.29) is 25.4 Å². The van der Waals surface area contributed by atoms with Crippen molar-refractivity contribution < 1.29 is 17.6 Å². The number of sulfonamides is 1. The van der Waals surface area contributed by atoms with E-state index in [1.807, 2.05) is 6.07 Å². The van der Waals surface area contributed by atoms with Gasteiger partial charge in [0, 0.05) is 18.7 Å². The third kappa shape index (κ3) is 5.22. The van der Waals surface area contributed by atoms with Gasteiger partial charge in [-0.3, -0.25) is 4.79 Å². The molecular formula is C16H17N3O4S. The van der Waals surface area contributed by atoms with Crippen LogP contribution in [-0.2, 0) is 21.4 Å². The van der Waals surface area contributed by atoms with Crippen molar-refractivity contribution in [2.45, 2.75) is 13.0 Å². The maximum absolute atomic E-state index is 12.0. The van der Waals surface area contributed by atoms with E-state index in [2.05, 4.69) is 5.32 Å². The van der Waals surface area contributed by atoms with Gasteiger partial charge in [-0.2, -0.15) is 9.57 Å². The van der Waals surface area contributed by atoms with E-state index in [1.165, 1.54) is 10.6 Å². The molecule has 0 unspecified atom stereocenters. The van der Waals surface area contributed by atoms with Gasteiger partial charge in [0.05, 0.1) is 30.7 Å². The predicted octanol–water partition coefficient (Wildman–Crippen LogP) is 1.94. The molecule has 0 aliphatic rings. The summed E-state index contributed by atoms with van der Waals surface area (Å²) in [5.41, 5.74) is 0.930. The highest BCUT2D eigenvalue weighted by Crippen LogP contribution is 2.12. The minimum absolute atomic E-state index is 0.00937. The van der Waals surface area contributed by atoms with Gasteiger partial charge in [-0.25, -0.2) is 8.42 Å². The van der Waals surface area contributed by atoms with Gasteiger partial charge in [0.1, 0.15) is 5.76 Å². The molecule has 24 heavy (non-hydrogen) atoms. The normalized spacial score (nSPS) is 11.2. The summed E-state index contributed by atoms with van der Waals surface area (Å²) in [4.78, 5) is 12.0. The highest BCUT2D eigenvalue weighted by atomic mass is 32.2. The fraction of sp³-hybridized carbons (Fsp3) is 0.250. The summed E-state index contributed by atoms with van der Waals surface area (Å²) in [7, 11) is -3.47. The topological polar surface area (TPSA) is 103 Å². The van der Waals surface area contributed by atoms with Crippen molar-refractivity contribution >= 4 is 21.6 Å². The van der Waals surface area contributed by atoms with Gasteiger partial charge < -0.3 is 9.73 Å². The van der Waals surface area contributed by atoms with Gasteiger partial charge in [0.15, 0.2) is 0 Å². The lowest BCUT2D eigenvalue weighted by Gasteiger charge is -2.18. The van der Waals surface area contributed by atoms with Crippen LogP contribution in [0.4, 0.5) is 5.69 Å². The van der Waals surface area contributed by atoms with Crippen LogP contribution in [-0.4, -0.2) is 31.4 Å². The van der Waals surface area contributed by atoms with Crippen molar-refractivity contribution in [3.8, 4) is 6.07 Å². The van der Waals surface area contributed by atoms with Crippen LogP contribution in [0.1, 0.15) is 17.7 Å². The Bertz CT molecular complexity index is 838. The third-order valence-corrected chi connectivity index (χ3v) is 4.49. The first kappa shape index (κ1) is 17.7. The number of nitriles is 1. The molecule has 1 aromatic heterocycles. The summed E-state index contributed by atoms with van der Waals surface area (Å²) < 4.78 is 30.0. The number of amides is 1. The molecule has 8 heteroatoms. The number of nitrogens with zero attached hydrogens (tertiary/aromatic N) is 2. The quantitative estimate of drug-likeness (QED) is 0.824. The minimum atomic E-state index is -3.47. The molecule has 1 aromatic carbocycles. The Morgan fingerprint density at radius 3 is 2.75 bits per heavy atom. The lowest BCUT2D eigenvalue weighted by atomic mass is 10.2. The minimum Gasteiger partial charge on any atom is -0.468 e. The molecule has 0 aliphatic heterocycles. The first-order valence-corrected chi connectivity index (χ1v) is 9.01. The number of furan rings is 1. The van der Waals surface area contributed by atoms with Crippen LogP contribution < -0.4 is 5.32 Å². The second-order valence-corrected chi connectivity index (χ2v) is 7.15. The Morgan fingerprint density at radius 1 is 1.33 bits per heavy atom. The molecule has 1 heterocycles. The molecule has 0 atom stereocenters. The fourth-order valence-electron chi connectivity index (χ4n) is 2.05. The van der Waals surface area contributed by atoms with Crippen LogP contribution in [0, 0.1) is 11.3 Å². The summed E-state index contributed by atoms with van der Waals surface area (Å²) in [6.07, 6.45) is 2.54. The molecule has 0 aliphatic carbocycles. The Hall–Kier alpha value is -2.63. The summed E-state index contributed by atoms with van der Waals surface area (Å²) in [5.74, 6) is 0.167. The summed E-state index contributed by atoms with van der Waals surface area (Å²) in [6.45, 7) is 0.104. The van der Waals surface area contributed by atoms with E-state index in [9.17, 15) is 13.2 Å². The molecule has 0 spiro atoms. The zero-order valence-corrected chi connectivity index (χ0v) is 13.9. The van der Waals surface area contributed by atoms with Crippen molar-refractivity contribution in [3.05, 3.63) is 54.0 Å². The number of rotatable bonds is 7. The van der Waals surface area contributed by atoms with Crippen LogP contribution in [0.5, 0.6) is 0 Å². The first-order valence-electron chi connectivity index (χ1n) is 7.16. The molecule has 1 amide bonds. The van der Waals surface area contributed by atoms with E-state index < -0.39 is 10.0 Å². The molecular weight excluding hydrogens is 330 g/mol. The number of benzene rings is 1. The smallest absolute Gasteiger partial charge is 0.225 e. The summed E-state index contributed by atoms with van der Waals surface area (Å²) in [5, 5.41) is 11.5. The standard InChI is InChI=1S/C16H17N3O4S/c1-24(21,22)19(12-15-6-3-9-23-15)8-7-16(20)18-14-5-2-4-13(10-14)11-17/h2-6,9-10H,7-8,12H2,1H3,(H,18,20). The van der Waals surface area contributed by atoms with Gasteiger partial charge in [-0.1, -0.05) is 6.07 Å². The number of nitrogens with one attached hydrogen (secondary N) is 1. The molecule has 0 bridgehead atoms. The average molecular weight is 347 g/mol. The van der Waals surface area contributed by atoms with Crippen molar-refractivity contribution in [1.82, 2.24) is 4.31 Å². The van der Waals surface area contributed by atoms with E-state index >= 15 is 0 Å². The van der Waals surface area contributed by atoms with Crippen molar-refractivity contribution in [3.63, 3.8) is 0 Å². The summed E-state index contributed by atoms with van der Waals surface area (Å²) in [6, 6.07) is 11.8. The van der Waals surface area contributed by atoms with Gasteiger partial charge in [0.2, 0.25) is 15.9 Å². The lowest BCUT2D eigenvalue weighted by molar-refractivity contribution is -0.116. The SMILES string of the molecule is CS(=O)(=O)N(CCC(=O)Nc1cccc(C#N)c1)Cc1ccco1. The van der Waals surface area contributed by atoms with Crippen LogP contribution in [0.3, 0.4) is 0 Å². The van der Waals surface area contributed by atoms with Gasteiger partial charge >= 0.3 is 0 Å². The molecule has 2 aromatic rings. The maximum atomic E-state index is 12.0. The van der Waals surface area contributed by atoms with Crippen LogP contribution >= 0.6 is 0 Å². The number of hydrogen-bond acceptors (Lipinski definition) is 5. The predicted molar refractivity (Wildman–Crippen MR) is 88.4 cm³/mol. The molecule has 0 fully saturated rings. The van der Waals surface area contributed by atoms with Crippen molar-refractivity contribution in [1.29, 1.82) is 5.26 Å². The Balaban J connectivity index is 1.95. The number of carbonyl (C=O) groups excluding carboxylic acids is 1. The molecule has 2 rings (SSSR count). The second kappa shape index (κ2) is 7.77. The monoisotopic (exact) mass is 347 g/mol. The van der Waals surface area contributed by atoms with Gasteiger partial charge in [-0.15, -0.1) is 0 Å². The Kier molecular flexibility index (Phi) is 5.73. The fourth-order valence-corrected chi connectivity index (χ4v) is 2.84. The Labute approximate surface area is 140 Å². The highest BCUT2D eigenvalue weighted by Gasteiger charge is 2.19. The molecule has 7 nitrogen and oxygen atoms in total. The molecule has 0 radical (unpaired) electrons. The third-order valence-electron chi connectivity index (χ3n) is 3.25. The van der Waals surface area contributed by atoms with Crippen molar-refractivity contribution in [2.24, 2.45) is 0 Å². The van der Waals surface area contributed by atoms with Crippen LogP contribution in [0.25, 0.3) is 0 Å². The van der Waals surface area contributed by atoms with E-state index in [0.29, 0.717) is 17.0 Å². The molecule has 0 saturated carbocycles. The zero-order valence-electron chi connectivity index (χ0n) is 13.1. The highest BCUT2D eigenvalue weighted by molar-refractivity contribution is 7.88. The largest absolute Gasteiger partial charge is 0.468 e. The lowest BCUT2D eigenvalue weighted by Crippen LogP contribution is -2.32. The molecule has 126 valence electrons. The molecule has 0 saturated heterocycles. The number of hydrogen-bond donors (Lipinski definition) is 1. The zero-order chi connectivity index (χ0) is 17.6. The second-order valence-electron chi connectivity index (χ2n) is 5.17. The average Bonchev–Trinajstić information content (AvgIpc) is 3.03. The van der Waals surface area contributed by atoms with E-state index in [0.717, 1.165) is 6.26 Å². The molecule has 1 N–H and O–H groups in total. The first-order chi connectivity index (χ1) is 11.4. The summed E-state index contributed by atoms with van der Waals surface area (Å²) >= 11 is 0. The van der Waals surface area contributed by atoms with Crippen molar-refractivity contribution in [2.75, 3.05) is 18.1 Å². The van der Waals surface area contributed by atoms with E-state index in [4.69, 9.17) is 9.68 Å². The number of carbonyl (C=O) groups is 1. The van der Waals surface area contributed by atoms with Crippen LogP contribution in [0.15, 0.2) is 47.1 Å².